The second kappa shape index (κ2) is 5.60. The van der Waals surface area contributed by atoms with E-state index in [1.54, 1.807) is 4.90 Å². The molecular weight excluding hydrogens is 260 g/mol. The highest BCUT2D eigenvalue weighted by Crippen LogP contribution is 2.23. The summed E-state index contributed by atoms with van der Waals surface area (Å²) in [4.78, 5) is 14.3. The van der Waals surface area contributed by atoms with Crippen LogP contribution in [0.5, 0.6) is 0 Å². The minimum absolute atomic E-state index is 0.0768. The van der Waals surface area contributed by atoms with Crippen LogP contribution in [0.2, 0.25) is 0 Å². The van der Waals surface area contributed by atoms with E-state index in [0.29, 0.717) is 6.54 Å². The first-order chi connectivity index (χ1) is 10.1. The minimum Gasteiger partial charge on any atom is -0.384 e. The van der Waals surface area contributed by atoms with Gasteiger partial charge in [0, 0.05) is 31.4 Å². The Morgan fingerprint density at radius 1 is 1.24 bits per heavy atom. The SMILES string of the molecule is Cc1ccccc1CN(C)C(=O)c1ccc2c(c1)CCN2. The van der Waals surface area contributed by atoms with Crippen molar-refractivity contribution in [3.8, 4) is 0 Å². The van der Waals surface area contributed by atoms with E-state index in [2.05, 4.69) is 24.4 Å². The van der Waals surface area contributed by atoms with Crippen LogP contribution in [0.4, 0.5) is 5.69 Å². The monoisotopic (exact) mass is 280 g/mol. The van der Waals surface area contributed by atoms with Gasteiger partial charge in [-0.15, -0.1) is 0 Å². The van der Waals surface area contributed by atoms with Gasteiger partial charge in [-0.1, -0.05) is 24.3 Å². The van der Waals surface area contributed by atoms with E-state index in [0.717, 1.165) is 24.2 Å². The fraction of sp³-hybridized carbons (Fsp3) is 0.278. The molecule has 3 nitrogen and oxygen atoms in total. The molecule has 1 aliphatic heterocycles. The molecule has 108 valence electrons. The van der Waals surface area contributed by atoms with Crippen molar-refractivity contribution in [1.82, 2.24) is 4.90 Å². The molecule has 2 aromatic rings. The highest BCUT2D eigenvalue weighted by Gasteiger charge is 2.16. The smallest absolute Gasteiger partial charge is 0.253 e. The van der Waals surface area contributed by atoms with Crippen LogP contribution >= 0.6 is 0 Å². The molecule has 0 saturated heterocycles. The standard InChI is InChI=1S/C18H20N2O/c1-13-5-3-4-6-16(13)12-20(2)18(21)15-7-8-17-14(11-15)9-10-19-17/h3-8,11,19H,9-10,12H2,1-2H3. The molecule has 1 heterocycles. The van der Waals surface area contributed by atoms with Crippen molar-refractivity contribution in [3.63, 3.8) is 0 Å². The predicted octanol–water partition coefficient (Wildman–Crippen LogP) is 3.24. The molecule has 0 spiro atoms. The third kappa shape index (κ3) is 2.77. The Hall–Kier alpha value is -2.29. The lowest BCUT2D eigenvalue weighted by Crippen LogP contribution is -2.26. The maximum Gasteiger partial charge on any atom is 0.253 e. The van der Waals surface area contributed by atoms with Crippen LogP contribution < -0.4 is 5.32 Å². The number of rotatable bonds is 3. The molecule has 21 heavy (non-hydrogen) atoms. The van der Waals surface area contributed by atoms with Crippen LogP contribution in [-0.4, -0.2) is 24.4 Å². The average Bonchev–Trinajstić information content (AvgIpc) is 2.96. The quantitative estimate of drug-likeness (QED) is 0.936. The third-order valence-electron chi connectivity index (χ3n) is 4.08. The normalized spacial score (nSPS) is 12.7. The van der Waals surface area contributed by atoms with Crippen molar-refractivity contribution >= 4 is 11.6 Å². The van der Waals surface area contributed by atoms with Crippen LogP contribution in [0.3, 0.4) is 0 Å². The van der Waals surface area contributed by atoms with Crippen LogP contribution in [0.15, 0.2) is 42.5 Å². The molecule has 3 heteroatoms. The molecule has 0 aromatic heterocycles. The lowest BCUT2D eigenvalue weighted by Gasteiger charge is -2.19. The summed E-state index contributed by atoms with van der Waals surface area (Å²) in [6.45, 7) is 3.68. The maximum atomic E-state index is 12.6. The molecule has 3 rings (SSSR count). The molecule has 0 fully saturated rings. The van der Waals surface area contributed by atoms with E-state index in [1.807, 2.05) is 37.4 Å². The molecule has 0 saturated carbocycles. The van der Waals surface area contributed by atoms with Gasteiger partial charge in [-0.25, -0.2) is 0 Å². The van der Waals surface area contributed by atoms with Crippen molar-refractivity contribution in [2.45, 2.75) is 19.9 Å². The summed E-state index contributed by atoms with van der Waals surface area (Å²) in [7, 11) is 1.86. The average molecular weight is 280 g/mol. The summed E-state index contributed by atoms with van der Waals surface area (Å²) in [5.41, 5.74) is 5.58. The molecular formula is C18H20N2O. The fourth-order valence-electron chi connectivity index (χ4n) is 2.77. The summed E-state index contributed by atoms with van der Waals surface area (Å²) in [5.74, 6) is 0.0768. The van der Waals surface area contributed by atoms with Crippen molar-refractivity contribution < 1.29 is 4.79 Å². The van der Waals surface area contributed by atoms with Crippen molar-refractivity contribution in [2.24, 2.45) is 0 Å². The number of carbonyl (C=O) groups is 1. The predicted molar refractivity (Wildman–Crippen MR) is 85.6 cm³/mol. The molecule has 0 radical (unpaired) electrons. The Kier molecular flexibility index (Phi) is 3.65. The molecule has 1 N–H and O–H groups in total. The summed E-state index contributed by atoms with van der Waals surface area (Å²) in [6, 6.07) is 14.1. The number of nitrogens with zero attached hydrogens (tertiary/aromatic N) is 1. The summed E-state index contributed by atoms with van der Waals surface area (Å²) in [5, 5.41) is 3.32. The molecule has 2 aromatic carbocycles. The third-order valence-corrected chi connectivity index (χ3v) is 4.08. The largest absolute Gasteiger partial charge is 0.384 e. The highest BCUT2D eigenvalue weighted by molar-refractivity contribution is 5.94. The zero-order valence-electron chi connectivity index (χ0n) is 12.5. The van der Waals surface area contributed by atoms with Crippen molar-refractivity contribution in [2.75, 3.05) is 18.9 Å². The number of fused-ring (bicyclic) bond motifs is 1. The number of anilines is 1. The summed E-state index contributed by atoms with van der Waals surface area (Å²) >= 11 is 0. The summed E-state index contributed by atoms with van der Waals surface area (Å²) < 4.78 is 0. The minimum atomic E-state index is 0.0768. The number of hydrogen-bond donors (Lipinski definition) is 1. The topological polar surface area (TPSA) is 32.3 Å². The van der Waals surface area contributed by atoms with E-state index in [4.69, 9.17) is 0 Å². The number of benzene rings is 2. The van der Waals surface area contributed by atoms with Gasteiger partial charge in [-0.05, 0) is 48.2 Å². The first-order valence-corrected chi connectivity index (χ1v) is 7.32. The van der Waals surface area contributed by atoms with E-state index in [-0.39, 0.29) is 5.91 Å². The second-order valence-electron chi connectivity index (χ2n) is 5.64. The number of carbonyl (C=O) groups excluding carboxylic acids is 1. The van der Waals surface area contributed by atoms with Gasteiger partial charge in [0.15, 0.2) is 0 Å². The number of aryl methyl sites for hydroxylation is 1. The van der Waals surface area contributed by atoms with Crippen LogP contribution in [-0.2, 0) is 13.0 Å². The van der Waals surface area contributed by atoms with Gasteiger partial charge in [0.2, 0.25) is 0 Å². The Labute approximate surface area is 125 Å². The first kappa shape index (κ1) is 13.7. The molecule has 0 aliphatic carbocycles. The number of nitrogens with one attached hydrogen (secondary N) is 1. The van der Waals surface area contributed by atoms with Crippen molar-refractivity contribution in [1.29, 1.82) is 0 Å². The second-order valence-corrected chi connectivity index (χ2v) is 5.64. The van der Waals surface area contributed by atoms with Crippen LogP contribution in [0, 0.1) is 6.92 Å². The van der Waals surface area contributed by atoms with Crippen LogP contribution in [0.1, 0.15) is 27.0 Å². The Balaban J connectivity index is 1.77. The zero-order valence-corrected chi connectivity index (χ0v) is 12.5. The van der Waals surface area contributed by atoms with E-state index in [9.17, 15) is 4.79 Å². The van der Waals surface area contributed by atoms with Gasteiger partial charge >= 0.3 is 0 Å². The van der Waals surface area contributed by atoms with Gasteiger partial charge in [-0.3, -0.25) is 4.79 Å². The van der Waals surface area contributed by atoms with Crippen LogP contribution in [0.25, 0.3) is 0 Å². The number of hydrogen-bond acceptors (Lipinski definition) is 2. The molecule has 1 amide bonds. The number of amides is 1. The Morgan fingerprint density at radius 2 is 2.05 bits per heavy atom. The molecule has 0 unspecified atom stereocenters. The maximum absolute atomic E-state index is 12.6. The summed E-state index contributed by atoms with van der Waals surface area (Å²) in [6.07, 6.45) is 0.998. The van der Waals surface area contributed by atoms with E-state index in [1.165, 1.54) is 16.7 Å². The highest BCUT2D eigenvalue weighted by atomic mass is 16.2. The lowest BCUT2D eigenvalue weighted by atomic mass is 10.1. The molecule has 0 bridgehead atoms. The van der Waals surface area contributed by atoms with E-state index < -0.39 is 0 Å². The van der Waals surface area contributed by atoms with Gasteiger partial charge in [0.05, 0.1) is 0 Å². The fourth-order valence-corrected chi connectivity index (χ4v) is 2.77. The Morgan fingerprint density at radius 3 is 2.86 bits per heavy atom. The zero-order chi connectivity index (χ0) is 14.8. The first-order valence-electron chi connectivity index (χ1n) is 7.32. The van der Waals surface area contributed by atoms with Gasteiger partial charge in [0.25, 0.3) is 5.91 Å². The molecule has 0 atom stereocenters. The van der Waals surface area contributed by atoms with Gasteiger partial charge in [-0.2, -0.15) is 0 Å². The van der Waals surface area contributed by atoms with E-state index >= 15 is 0 Å². The Bertz CT molecular complexity index is 679. The lowest BCUT2D eigenvalue weighted by molar-refractivity contribution is 0.0785. The van der Waals surface area contributed by atoms with Gasteiger partial charge < -0.3 is 10.2 Å². The van der Waals surface area contributed by atoms with Crippen molar-refractivity contribution in [3.05, 3.63) is 64.7 Å². The molecule has 1 aliphatic rings. The van der Waals surface area contributed by atoms with Gasteiger partial charge in [0.1, 0.15) is 0 Å².